The van der Waals surface area contributed by atoms with E-state index in [2.05, 4.69) is 10.6 Å². The van der Waals surface area contributed by atoms with E-state index in [9.17, 15) is 9.59 Å². The molecule has 0 aromatic heterocycles. The van der Waals surface area contributed by atoms with Gasteiger partial charge in [0.15, 0.2) is 0 Å². The van der Waals surface area contributed by atoms with Gasteiger partial charge in [0, 0.05) is 16.1 Å². The number of benzene rings is 2. The topological polar surface area (TPSA) is 67.4 Å². The third-order valence-electron chi connectivity index (χ3n) is 4.38. The molecule has 5 nitrogen and oxygen atoms in total. The number of nitrogens with one attached hydrogen (secondary N) is 2. The predicted molar refractivity (Wildman–Crippen MR) is 101 cm³/mol. The number of rotatable bonds is 4. The first-order chi connectivity index (χ1) is 12.5. The second-order valence-corrected chi connectivity index (χ2v) is 6.73. The summed E-state index contributed by atoms with van der Waals surface area (Å²) in [6, 6.07) is 12.5. The van der Waals surface area contributed by atoms with Gasteiger partial charge < -0.3 is 15.4 Å². The summed E-state index contributed by atoms with van der Waals surface area (Å²) in [5.41, 5.74) is 2.35. The molecule has 1 atom stereocenters. The Bertz CT molecular complexity index is 822. The summed E-state index contributed by atoms with van der Waals surface area (Å²) in [6.07, 6.45) is 1.60. The summed E-state index contributed by atoms with van der Waals surface area (Å²) in [7, 11) is 0. The third kappa shape index (κ3) is 4.35. The van der Waals surface area contributed by atoms with Crippen molar-refractivity contribution < 1.29 is 14.3 Å². The van der Waals surface area contributed by atoms with Gasteiger partial charge in [-0.25, -0.2) is 0 Å². The lowest BCUT2D eigenvalue weighted by Crippen LogP contribution is -2.38. The molecule has 0 spiro atoms. The van der Waals surface area contributed by atoms with Crippen LogP contribution >= 0.6 is 11.6 Å². The van der Waals surface area contributed by atoms with Gasteiger partial charge in [-0.05, 0) is 43.5 Å². The van der Waals surface area contributed by atoms with Gasteiger partial charge in [-0.2, -0.15) is 0 Å². The van der Waals surface area contributed by atoms with Crippen molar-refractivity contribution in [3.05, 3.63) is 64.2 Å². The maximum absolute atomic E-state index is 12.3. The van der Waals surface area contributed by atoms with Crippen LogP contribution in [0.1, 0.15) is 40.4 Å². The Labute approximate surface area is 157 Å². The number of ether oxygens (including phenoxy) is 1. The maximum Gasteiger partial charge on any atom is 0.251 e. The predicted octanol–water partition coefficient (Wildman–Crippen LogP) is 3.41. The number of hydrogen-bond acceptors (Lipinski definition) is 3. The van der Waals surface area contributed by atoms with E-state index in [1.54, 1.807) is 24.3 Å². The molecule has 1 aliphatic heterocycles. The fourth-order valence-electron chi connectivity index (χ4n) is 3.02. The molecule has 6 heteroatoms. The average Bonchev–Trinajstić information content (AvgIpc) is 2.82. The molecule has 2 aromatic carbocycles. The Kier molecular flexibility index (Phi) is 5.78. The van der Waals surface area contributed by atoms with Crippen LogP contribution in [0.2, 0.25) is 5.02 Å². The Morgan fingerprint density at radius 1 is 1.23 bits per heavy atom. The fraction of sp³-hybridized carbons (Fsp3) is 0.300. The molecular formula is C20H21ClN2O3. The van der Waals surface area contributed by atoms with Gasteiger partial charge in [-0.15, -0.1) is 0 Å². The molecule has 0 fully saturated rings. The minimum atomic E-state index is -0.255. The highest BCUT2D eigenvalue weighted by Gasteiger charge is 2.22. The molecule has 1 aliphatic rings. The minimum Gasteiger partial charge on any atom is -0.493 e. The average molecular weight is 373 g/mol. The molecule has 0 radical (unpaired) electrons. The molecule has 0 aliphatic carbocycles. The number of halogens is 1. The van der Waals surface area contributed by atoms with Crippen LogP contribution in [-0.4, -0.2) is 25.0 Å². The number of amides is 2. The minimum absolute atomic E-state index is 0.0759. The zero-order valence-corrected chi connectivity index (χ0v) is 15.3. The molecule has 26 heavy (non-hydrogen) atoms. The monoisotopic (exact) mass is 372 g/mol. The Hall–Kier alpha value is -2.53. The standard InChI is InChI=1S/C20H21ClN2O3/c1-13-5-2-3-6-15(13)20(25)22-12-19(24)23-17-7-4-10-26-18-11-14(21)8-9-16(17)18/h2-3,5-6,8-9,11,17H,4,7,10,12H2,1H3,(H,22,25)(H,23,24). The van der Waals surface area contributed by atoms with Crippen molar-refractivity contribution >= 4 is 23.4 Å². The van der Waals surface area contributed by atoms with E-state index in [4.69, 9.17) is 16.3 Å². The van der Waals surface area contributed by atoms with Gasteiger partial charge in [0.1, 0.15) is 5.75 Å². The van der Waals surface area contributed by atoms with Gasteiger partial charge >= 0.3 is 0 Å². The van der Waals surface area contributed by atoms with Crippen molar-refractivity contribution in [1.29, 1.82) is 0 Å². The molecule has 2 N–H and O–H groups in total. The van der Waals surface area contributed by atoms with Crippen LogP contribution < -0.4 is 15.4 Å². The smallest absolute Gasteiger partial charge is 0.251 e. The van der Waals surface area contributed by atoms with E-state index >= 15 is 0 Å². The van der Waals surface area contributed by atoms with Gasteiger partial charge in [0.2, 0.25) is 5.91 Å². The first-order valence-electron chi connectivity index (χ1n) is 8.60. The van der Waals surface area contributed by atoms with E-state index in [-0.39, 0.29) is 24.4 Å². The molecule has 0 saturated carbocycles. The Morgan fingerprint density at radius 3 is 2.85 bits per heavy atom. The summed E-state index contributed by atoms with van der Waals surface area (Å²) >= 11 is 6.02. The first-order valence-corrected chi connectivity index (χ1v) is 8.98. The van der Waals surface area contributed by atoms with Crippen molar-refractivity contribution in [2.45, 2.75) is 25.8 Å². The molecule has 136 valence electrons. The van der Waals surface area contributed by atoms with E-state index < -0.39 is 0 Å². The summed E-state index contributed by atoms with van der Waals surface area (Å²) in [5.74, 6) is 0.207. The quantitative estimate of drug-likeness (QED) is 0.864. The third-order valence-corrected chi connectivity index (χ3v) is 4.62. The van der Waals surface area contributed by atoms with Crippen LogP contribution in [0.25, 0.3) is 0 Å². The van der Waals surface area contributed by atoms with Crippen molar-refractivity contribution in [3.8, 4) is 5.75 Å². The second-order valence-electron chi connectivity index (χ2n) is 6.29. The van der Waals surface area contributed by atoms with Crippen molar-refractivity contribution in [2.24, 2.45) is 0 Å². The molecule has 1 heterocycles. The van der Waals surface area contributed by atoms with Crippen LogP contribution in [-0.2, 0) is 4.79 Å². The van der Waals surface area contributed by atoms with E-state index in [0.717, 1.165) is 24.0 Å². The van der Waals surface area contributed by atoms with Crippen LogP contribution in [0.5, 0.6) is 5.75 Å². The van der Waals surface area contributed by atoms with Gasteiger partial charge in [0.25, 0.3) is 5.91 Å². The normalized spacial score (nSPS) is 16.0. The number of hydrogen-bond donors (Lipinski definition) is 2. The number of carbonyl (C=O) groups is 2. The molecule has 2 amide bonds. The number of carbonyl (C=O) groups excluding carboxylic acids is 2. The SMILES string of the molecule is Cc1ccccc1C(=O)NCC(=O)NC1CCCOc2cc(Cl)ccc21. The highest BCUT2D eigenvalue weighted by Crippen LogP contribution is 2.33. The van der Waals surface area contributed by atoms with Crippen molar-refractivity contribution in [1.82, 2.24) is 10.6 Å². The zero-order chi connectivity index (χ0) is 18.5. The number of aryl methyl sites for hydroxylation is 1. The molecule has 0 saturated heterocycles. The van der Waals surface area contributed by atoms with Gasteiger partial charge in [-0.3, -0.25) is 9.59 Å². The largest absolute Gasteiger partial charge is 0.493 e. The van der Waals surface area contributed by atoms with E-state index in [1.165, 1.54) is 0 Å². The fourth-order valence-corrected chi connectivity index (χ4v) is 3.19. The van der Waals surface area contributed by atoms with Crippen LogP contribution in [0.3, 0.4) is 0 Å². The van der Waals surface area contributed by atoms with Crippen LogP contribution in [0.4, 0.5) is 0 Å². The highest BCUT2D eigenvalue weighted by atomic mass is 35.5. The second kappa shape index (κ2) is 8.23. The Balaban J connectivity index is 1.62. The summed E-state index contributed by atoms with van der Waals surface area (Å²) in [6.45, 7) is 2.37. The molecule has 3 rings (SSSR count). The van der Waals surface area contributed by atoms with Crippen molar-refractivity contribution in [3.63, 3.8) is 0 Å². The van der Waals surface area contributed by atoms with E-state index in [1.807, 2.05) is 25.1 Å². The summed E-state index contributed by atoms with van der Waals surface area (Å²) < 4.78 is 5.70. The van der Waals surface area contributed by atoms with Crippen LogP contribution in [0.15, 0.2) is 42.5 Å². The zero-order valence-electron chi connectivity index (χ0n) is 14.5. The van der Waals surface area contributed by atoms with Gasteiger partial charge in [0.05, 0.1) is 19.2 Å². The Morgan fingerprint density at radius 2 is 2.04 bits per heavy atom. The number of fused-ring (bicyclic) bond motifs is 1. The summed E-state index contributed by atoms with van der Waals surface area (Å²) in [5, 5.41) is 6.25. The first kappa shape index (κ1) is 18.3. The molecular weight excluding hydrogens is 352 g/mol. The molecule has 2 aromatic rings. The van der Waals surface area contributed by atoms with Crippen LogP contribution in [0, 0.1) is 6.92 Å². The lowest BCUT2D eigenvalue weighted by atomic mass is 10.0. The summed E-state index contributed by atoms with van der Waals surface area (Å²) in [4.78, 5) is 24.6. The van der Waals surface area contributed by atoms with Crippen molar-refractivity contribution in [2.75, 3.05) is 13.2 Å². The van der Waals surface area contributed by atoms with E-state index in [0.29, 0.717) is 22.9 Å². The maximum atomic E-state index is 12.3. The molecule has 1 unspecified atom stereocenters. The highest BCUT2D eigenvalue weighted by molar-refractivity contribution is 6.30. The lowest BCUT2D eigenvalue weighted by molar-refractivity contribution is -0.120. The lowest BCUT2D eigenvalue weighted by Gasteiger charge is -2.19. The molecule has 0 bridgehead atoms. The van der Waals surface area contributed by atoms with Gasteiger partial charge in [-0.1, -0.05) is 35.9 Å².